The molecule has 0 bridgehead atoms. The first-order chi connectivity index (χ1) is 12.8. The number of likely N-dealkylation sites (tertiary alicyclic amines) is 1. The number of sulfone groups is 1. The van der Waals surface area contributed by atoms with Gasteiger partial charge in [0, 0.05) is 18.7 Å². The Morgan fingerprint density at radius 3 is 2.22 bits per heavy atom. The molecular weight excluding hydrogens is 376 g/mol. The first kappa shape index (κ1) is 19.3. The maximum Gasteiger partial charge on any atom is 0.253 e. The van der Waals surface area contributed by atoms with Crippen LogP contribution in [0, 0.1) is 11.6 Å². The van der Waals surface area contributed by atoms with Crippen molar-refractivity contribution < 1.29 is 26.7 Å². The Kier molecular flexibility index (Phi) is 5.46. The van der Waals surface area contributed by atoms with Crippen LogP contribution in [-0.2, 0) is 9.84 Å². The van der Waals surface area contributed by atoms with Gasteiger partial charge in [0.15, 0.2) is 21.5 Å². The molecule has 0 spiro atoms. The monoisotopic (exact) mass is 395 g/mol. The molecule has 0 unspecified atom stereocenters. The third-order valence-electron chi connectivity index (χ3n) is 4.72. The van der Waals surface area contributed by atoms with E-state index in [0.29, 0.717) is 5.75 Å². The van der Waals surface area contributed by atoms with Gasteiger partial charge in [0.1, 0.15) is 5.75 Å². The Bertz CT molecular complexity index is 937. The zero-order valence-electron chi connectivity index (χ0n) is 14.7. The summed E-state index contributed by atoms with van der Waals surface area (Å²) in [6, 6.07) is 9.19. The summed E-state index contributed by atoms with van der Waals surface area (Å²) < 4.78 is 57.0. The lowest BCUT2D eigenvalue weighted by Crippen LogP contribution is -2.42. The molecule has 5 nitrogen and oxygen atoms in total. The van der Waals surface area contributed by atoms with Crippen LogP contribution >= 0.6 is 0 Å². The second-order valence-corrected chi connectivity index (χ2v) is 8.57. The normalized spacial score (nSPS) is 15.6. The summed E-state index contributed by atoms with van der Waals surface area (Å²) in [5, 5.41) is -0.597. The van der Waals surface area contributed by atoms with Crippen LogP contribution in [0.4, 0.5) is 8.78 Å². The van der Waals surface area contributed by atoms with Crippen LogP contribution in [0.3, 0.4) is 0 Å². The van der Waals surface area contributed by atoms with Gasteiger partial charge in [-0.3, -0.25) is 4.79 Å². The highest BCUT2D eigenvalue weighted by Gasteiger charge is 2.33. The first-order valence-corrected chi connectivity index (χ1v) is 10.00. The molecule has 1 heterocycles. The van der Waals surface area contributed by atoms with Crippen LogP contribution in [0.1, 0.15) is 23.2 Å². The number of halogens is 2. The quantitative estimate of drug-likeness (QED) is 0.798. The summed E-state index contributed by atoms with van der Waals surface area (Å²) in [6.45, 7) is 0.468. The van der Waals surface area contributed by atoms with E-state index in [-0.39, 0.29) is 36.4 Å². The summed E-state index contributed by atoms with van der Waals surface area (Å²) in [5.74, 6) is -1.97. The average molecular weight is 395 g/mol. The van der Waals surface area contributed by atoms with Crippen molar-refractivity contribution in [2.45, 2.75) is 23.0 Å². The fourth-order valence-electron chi connectivity index (χ4n) is 3.14. The predicted octanol–water partition coefficient (Wildman–Crippen LogP) is 3.05. The zero-order chi connectivity index (χ0) is 19.6. The third kappa shape index (κ3) is 3.95. The molecule has 3 rings (SSSR count). The minimum Gasteiger partial charge on any atom is -0.497 e. The van der Waals surface area contributed by atoms with Crippen molar-refractivity contribution in [1.29, 1.82) is 0 Å². The summed E-state index contributed by atoms with van der Waals surface area (Å²) in [6.07, 6.45) is 0.563. The molecule has 8 heteroatoms. The summed E-state index contributed by atoms with van der Waals surface area (Å²) in [4.78, 5) is 14.1. The maximum absolute atomic E-state index is 13.3. The summed E-state index contributed by atoms with van der Waals surface area (Å²) in [7, 11) is -2.01. The second-order valence-electron chi connectivity index (χ2n) is 6.34. The van der Waals surface area contributed by atoms with E-state index in [1.165, 1.54) is 30.2 Å². The van der Waals surface area contributed by atoms with Gasteiger partial charge >= 0.3 is 0 Å². The molecule has 1 aliphatic rings. The van der Waals surface area contributed by atoms with Crippen molar-refractivity contribution in [1.82, 2.24) is 4.90 Å². The highest BCUT2D eigenvalue weighted by Crippen LogP contribution is 2.26. The number of methoxy groups -OCH3 is 1. The Hall–Kier alpha value is -2.48. The molecule has 2 aromatic rings. The molecule has 144 valence electrons. The Morgan fingerprint density at radius 1 is 1.04 bits per heavy atom. The molecule has 1 aliphatic heterocycles. The number of rotatable bonds is 4. The maximum atomic E-state index is 13.3. The number of nitrogens with zero attached hydrogens (tertiary/aromatic N) is 1. The number of amides is 1. The van der Waals surface area contributed by atoms with Crippen molar-refractivity contribution in [3.63, 3.8) is 0 Å². The molecule has 1 saturated heterocycles. The van der Waals surface area contributed by atoms with E-state index >= 15 is 0 Å². The minimum atomic E-state index is -3.52. The van der Waals surface area contributed by atoms with Gasteiger partial charge in [-0.25, -0.2) is 17.2 Å². The Morgan fingerprint density at radius 2 is 1.67 bits per heavy atom. The van der Waals surface area contributed by atoms with E-state index in [1.54, 1.807) is 12.1 Å². The molecule has 27 heavy (non-hydrogen) atoms. The van der Waals surface area contributed by atoms with E-state index < -0.39 is 32.6 Å². The third-order valence-corrected chi connectivity index (χ3v) is 7.00. The van der Waals surface area contributed by atoms with E-state index in [9.17, 15) is 22.0 Å². The SMILES string of the molecule is COc1ccc(S(=O)(=O)C2CCN(C(=O)c3ccc(F)c(F)c3)CC2)cc1. The predicted molar refractivity (Wildman–Crippen MR) is 95.5 cm³/mol. The second kappa shape index (κ2) is 7.64. The number of benzene rings is 2. The molecule has 0 aromatic heterocycles. The van der Waals surface area contributed by atoms with Crippen LogP contribution in [0.2, 0.25) is 0 Å². The van der Waals surface area contributed by atoms with Crippen molar-refractivity contribution in [2.24, 2.45) is 0 Å². The lowest BCUT2D eigenvalue weighted by Gasteiger charge is -2.31. The molecule has 0 radical (unpaired) electrons. The van der Waals surface area contributed by atoms with E-state index in [0.717, 1.165) is 12.1 Å². The number of carbonyl (C=O) groups is 1. The fraction of sp³-hybridized carbons (Fsp3) is 0.316. The van der Waals surface area contributed by atoms with Crippen molar-refractivity contribution >= 4 is 15.7 Å². The number of carbonyl (C=O) groups excluding carboxylic acids is 1. The van der Waals surface area contributed by atoms with Gasteiger partial charge in [0.2, 0.25) is 0 Å². The van der Waals surface area contributed by atoms with Gasteiger partial charge < -0.3 is 9.64 Å². The number of ether oxygens (including phenoxy) is 1. The van der Waals surface area contributed by atoms with Crippen LogP contribution in [0.5, 0.6) is 5.75 Å². The van der Waals surface area contributed by atoms with Crippen molar-refractivity contribution in [2.75, 3.05) is 20.2 Å². The smallest absolute Gasteiger partial charge is 0.253 e. The Balaban J connectivity index is 1.68. The van der Waals surface area contributed by atoms with E-state index in [4.69, 9.17) is 4.74 Å². The summed E-state index contributed by atoms with van der Waals surface area (Å²) >= 11 is 0. The van der Waals surface area contributed by atoms with Crippen LogP contribution in [0.15, 0.2) is 47.4 Å². The van der Waals surface area contributed by atoms with E-state index in [1.807, 2.05) is 0 Å². The van der Waals surface area contributed by atoms with Crippen LogP contribution in [-0.4, -0.2) is 44.7 Å². The van der Waals surface area contributed by atoms with Crippen LogP contribution < -0.4 is 4.74 Å². The lowest BCUT2D eigenvalue weighted by atomic mass is 10.1. The molecule has 1 amide bonds. The number of hydrogen-bond acceptors (Lipinski definition) is 4. The number of piperidine rings is 1. The van der Waals surface area contributed by atoms with Gasteiger partial charge in [0.05, 0.1) is 17.3 Å². The van der Waals surface area contributed by atoms with Crippen molar-refractivity contribution in [3.8, 4) is 5.75 Å². The molecule has 0 N–H and O–H groups in total. The molecule has 2 aromatic carbocycles. The highest BCUT2D eigenvalue weighted by molar-refractivity contribution is 7.92. The standard InChI is InChI=1S/C19H19F2NO4S/c1-26-14-3-5-15(6-4-14)27(24,25)16-8-10-22(11-9-16)19(23)13-2-7-17(20)18(21)12-13/h2-7,12,16H,8-11H2,1H3. The largest absolute Gasteiger partial charge is 0.497 e. The van der Waals surface area contributed by atoms with Gasteiger partial charge in [-0.15, -0.1) is 0 Å². The molecule has 0 saturated carbocycles. The van der Waals surface area contributed by atoms with Crippen molar-refractivity contribution in [3.05, 3.63) is 59.7 Å². The Labute approximate surface area is 156 Å². The minimum absolute atomic E-state index is 0.0466. The van der Waals surface area contributed by atoms with Gasteiger partial charge in [0.25, 0.3) is 5.91 Å². The molecule has 1 fully saturated rings. The molecule has 0 atom stereocenters. The zero-order valence-corrected chi connectivity index (χ0v) is 15.5. The lowest BCUT2D eigenvalue weighted by molar-refractivity contribution is 0.0725. The average Bonchev–Trinajstić information content (AvgIpc) is 2.69. The van der Waals surface area contributed by atoms with Gasteiger partial charge in [-0.1, -0.05) is 0 Å². The molecular formula is C19H19F2NO4S. The van der Waals surface area contributed by atoms with Crippen LogP contribution in [0.25, 0.3) is 0 Å². The topological polar surface area (TPSA) is 63.7 Å². The first-order valence-electron chi connectivity index (χ1n) is 8.45. The summed E-state index contributed by atoms with van der Waals surface area (Å²) in [5.41, 5.74) is 0.0466. The number of hydrogen-bond donors (Lipinski definition) is 0. The fourth-order valence-corrected chi connectivity index (χ4v) is 4.87. The van der Waals surface area contributed by atoms with Gasteiger partial charge in [-0.05, 0) is 55.3 Å². The highest BCUT2D eigenvalue weighted by atomic mass is 32.2. The van der Waals surface area contributed by atoms with Gasteiger partial charge in [-0.2, -0.15) is 0 Å². The molecule has 0 aliphatic carbocycles. The van der Waals surface area contributed by atoms with E-state index in [2.05, 4.69) is 0 Å².